The second-order valence-corrected chi connectivity index (χ2v) is 18.4. The Labute approximate surface area is 374 Å². The van der Waals surface area contributed by atoms with Crippen LogP contribution in [0.2, 0.25) is 0 Å². The first kappa shape index (κ1) is 35.6. The minimum atomic E-state index is -0.417. The molecule has 0 amide bonds. The lowest BCUT2D eigenvalue weighted by Gasteiger charge is -2.34. The molecular weight excluding hydrogens is 773 g/mol. The van der Waals surface area contributed by atoms with E-state index in [1.165, 1.54) is 106 Å². The quantitative estimate of drug-likeness (QED) is 0.175. The number of hydrogen-bond donors (Lipinski definition) is 0. The molecule has 10 aromatic carbocycles. The average Bonchev–Trinajstić information content (AvgIpc) is 3.90. The summed E-state index contributed by atoms with van der Waals surface area (Å²) in [7, 11) is 0. The summed E-state index contributed by atoms with van der Waals surface area (Å²) in [6.07, 6.45) is 0. The van der Waals surface area contributed by atoms with Gasteiger partial charge in [-0.15, -0.1) is 0 Å². The highest BCUT2D eigenvalue weighted by Crippen LogP contribution is 2.63. The van der Waals surface area contributed by atoms with Crippen LogP contribution in [0, 0.1) is 0 Å². The zero-order valence-corrected chi connectivity index (χ0v) is 35.7. The lowest BCUT2D eigenvalue weighted by Crippen LogP contribution is -2.26. The van der Waals surface area contributed by atoms with Crippen molar-refractivity contribution in [1.29, 1.82) is 0 Å². The molecule has 0 atom stereocenters. The fourth-order valence-corrected chi connectivity index (χ4v) is 12.3. The molecule has 1 spiro atoms. The van der Waals surface area contributed by atoms with Crippen LogP contribution in [0.5, 0.6) is 0 Å². The lowest BCUT2D eigenvalue weighted by atomic mass is 9.70. The Kier molecular flexibility index (Phi) is 7.13. The molecule has 0 radical (unpaired) electrons. The molecule has 1 heterocycles. The predicted octanol–water partition coefficient (Wildman–Crippen LogP) is 16.4. The van der Waals surface area contributed by atoms with Crippen molar-refractivity contribution >= 4 is 44.9 Å². The number of nitrogens with zero attached hydrogens (tertiary/aromatic N) is 2. The predicted molar refractivity (Wildman–Crippen MR) is 266 cm³/mol. The van der Waals surface area contributed by atoms with Crippen molar-refractivity contribution in [3.63, 3.8) is 0 Å². The molecule has 2 nitrogen and oxygen atoms in total. The third-order valence-corrected chi connectivity index (χ3v) is 15.0. The van der Waals surface area contributed by atoms with Gasteiger partial charge in [0, 0.05) is 39.1 Å². The molecule has 0 N–H and O–H groups in total. The summed E-state index contributed by atoms with van der Waals surface area (Å²) in [5.74, 6) is 0. The van der Waals surface area contributed by atoms with E-state index in [1.54, 1.807) is 0 Å². The molecule has 3 aliphatic carbocycles. The Morgan fingerprint density at radius 3 is 1.45 bits per heavy atom. The molecule has 2 heteroatoms. The largest absolute Gasteiger partial charge is 0.310 e. The fourth-order valence-electron chi connectivity index (χ4n) is 12.3. The van der Waals surface area contributed by atoms with Crippen molar-refractivity contribution in [2.75, 3.05) is 9.80 Å². The maximum atomic E-state index is 2.50. The summed E-state index contributed by atoms with van der Waals surface area (Å²) in [5, 5.41) is 2.57. The number of benzene rings is 10. The van der Waals surface area contributed by atoms with Crippen molar-refractivity contribution in [1.82, 2.24) is 0 Å². The van der Waals surface area contributed by atoms with Gasteiger partial charge in [0.25, 0.3) is 0 Å². The maximum Gasteiger partial charge on any atom is 0.0726 e. The Morgan fingerprint density at radius 1 is 0.328 bits per heavy atom. The standard InChI is InChI=1S/C62H42N2/c1-61(2)55-36-41(30-33-47(55)48-34-32-43(37-56(48)61)64-58-28-13-9-23-50(58)51-24-14-16-39-17-15-29-59(64)60(39)51)63(40-18-4-3-5-19-40)42-31-35-49-46-22-8-12-27-54(46)62(57(49)38-42)52-25-10-6-20-44(52)45-21-7-11-26-53(45)62/h3-38H,1-2H3. The number of hydrogen-bond acceptors (Lipinski definition) is 2. The highest BCUT2D eigenvalue weighted by Gasteiger charge is 2.51. The van der Waals surface area contributed by atoms with Crippen LogP contribution in [-0.2, 0) is 10.8 Å². The van der Waals surface area contributed by atoms with E-state index < -0.39 is 5.41 Å². The van der Waals surface area contributed by atoms with Gasteiger partial charge in [0.1, 0.15) is 0 Å². The van der Waals surface area contributed by atoms with Gasteiger partial charge in [-0.3, -0.25) is 0 Å². The third-order valence-electron chi connectivity index (χ3n) is 15.0. The normalized spacial score (nSPS) is 14.6. The molecule has 0 unspecified atom stereocenters. The van der Waals surface area contributed by atoms with Gasteiger partial charge < -0.3 is 9.80 Å². The van der Waals surface area contributed by atoms with E-state index >= 15 is 0 Å². The number of rotatable bonds is 4. The number of fused-ring (bicyclic) bond motifs is 15. The molecule has 0 saturated heterocycles. The van der Waals surface area contributed by atoms with Crippen LogP contribution in [0.3, 0.4) is 0 Å². The maximum absolute atomic E-state index is 2.50. The summed E-state index contributed by atoms with van der Waals surface area (Å²) in [6, 6.07) is 81.9. The van der Waals surface area contributed by atoms with Crippen molar-refractivity contribution in [2.24, 2.45) is 0 Å². The molecule has 0 aromatic heterocycles. The topological polar surface area (TPSA) is 6.48 Å². The molecule has 0 saturated carbocycles. The molecule has 300 valence electrons. The van der Waals surface area contributed by atoms with Gasteiger partial charge >= 0.3 is 0 Å². The van der Waals surface area contributed by atoms with Gasteiger partial charge in [0.05, 0.1) is 16.8 Å². The fraction of sp³-hybridized carbons (Fsp3) is 0.0645. The second-order valence-electron chi connectivity index (χ2n) is 18.4. The Hall–Kier alpha value is -7.94. The van der Waals surface area contributed by atoms with Gasteiger partial charge in [0.2, 0.25) is 0 Å². The van der Waals surface area contributed by atoms with Gasteiger partial charge in [0.15, 0.2) is 0 Å². The first-order chi connectivity index (χ1) is 31.5. The smallest absolute Gasteiger partial charge is 0.0726 e. The molecule has 4 aliphatic rings. The number of anilines is 6. The third kappa shape index (κ3) is 4.54. The Morgan fingerprint density at radius 2 is 0.797 bits per heavy atom. The van der Waals surface area contributed by atoms with E-state index in [1.807, 2.05) is 0 Å². The van der Waals surface area contributed by atoms with Crippen LogP contribution in [-0.4, -0.2) is 0 Å². The Bertz CT molecular complexity index is 3550. The van der Waals surface area contributed by atoms with Gasteiger partial charge in [-0.2, -0.15) is 0 Å². The first-order valence-electron chi connectivity index (χ1n) is 22.5. The summed E-state index contributed by atoms with van der Waals surface area (Å²) in [4.78, 5) is 4.95. The molecule has 10 aromatic rings. The van der Waals surface area contributed by atoms with E-state index in [0.717, 1.165) is 17.1 Å². The van der Waals surface area contributed by atoms with Crippen LogP contribution < -0.4 is 9.80 Å². The molecule has 1 aliphatic heterocycles. The van der Waals surface area contributed by atoms with E-state index in [-0.39, 0.29) is 5.41 Å². The molecule has 0 fully saturated rings. The molecule has 14 rings (SSSR count). The van der Waals surface area contributed by atoms with Crippen molar-refractivity contribution in [3.05, 3.63) is 252 Å². The minimum absolute atomic E-state index is 0.251. The van der Waals surface area contributed by atoms with Crippen LogP contribution in [0.25, 0.3) is 55.3 Å². The monoisotopic (exact) mass is 814 g/mol. The first-order valence-corrected chi connectivity index (χ1v) is 22.5. The summed E-state index contributed by atoms with van der Waals surface area (Å²) >= 11 is 0. The van der Waals surface area contributed by atoms with Gasteiger partial charge in [-0.1, -0.05) is 172 Å². The van der Waals surface area contributed by atoms with Crippen molar-refractivity contribution in [2.45, 2.75) is 24.7 Å². The lowest BCUT2D eigenvalue weighted by molar-refractivity contribution is 0.660. The zero-order valence-electron chi connectivity index (χ0n) is 35.7. The minimum Gasteiger partial charge on any atom is -0.310 e. The molecular formula is C62H42N2. The van der Waals surface area contributed by atoms with E-state index in [9.17, 15) is 0 Å². The van der Waals surface area contributed by atoms with E-state index in [2.05, 4.69) is 242 Å². The highest BCUT2D eigenvalue weighted by molar-refractivity contribution is 6.14. The van der Waals surface area contributed by atoms with Crippen LogP contribution in [0.15, 0.2) is 218 Å². The van der Waals surface area contributed by atoms with E-state index in [0.29, 0.717) is 0 Å². The van der Waals surface area contributed by atoms with Crippen LogP contribution in [0.1, 0.15) is 47.2 Å². The van der Waals surface area contributed by atoms with Crippen LogP contribution in [0.4, 0.5) is 34.1 Å². The number of para-hydroxylation sites is 2. The van der Waals surface area contributed by atoms with Crippen LogP contribution >= 0.6 is 0 Å². The average molecular weight is 815 g/mol. The molecule has 64 heavy (non-hydrogen) atoms. The summed E-state index contributed by atoms with van der Waals surface area (Å²) in [5.41, 5.74) is 24.9. The van der Waals surface area contributed by atoms with Gasteiger partial charge in [-0.25, -0.2) is 0 Å². The molecule has 0 bridgehead atoms. The second kappa shape index (κ2) is 12.8. The zero-order chi connectivity index (χ0) is 42.3. The highest BCUT2D eigenvalue weighted by atomic mass is 15.2. The summed E-state index contributed by atoms with van der Waals surface area (Å²) < 4.78 is 0. The van der Waals surface area contributed by atoms with Crippen molar-refractivity contribution < 1.29 is 0 Å². The van der Waals surface area contributed by atoms with Crippen molar-refractivity contribution in [3.8, 4) is 44.5 Å². The van der Waals surface area contributed by atoms with Gasteiger partial charge in [-0.05, 0) is 138 Å². The Balaban J connectivity index is 0.923. The summed E-state index contributed by atoms with van der Waals surface area (Å²) in [6.45, 7) is 4.81. The SMILES string of the molecule is CC1(C)c2cc(N(c3ccccc3)c3ccc4c(c3)C3(c5ccccc5-c5ccccc53)c3ccccc3-4)ccc2-c2ccc(N3c4ccccc4-c4cccc5cccc3c45)cc21. The van der Waals surface area contributed by atoms with E-state index in [4.69, 9.17) is 0 Å².